The molecule has 0 aliphatic carbocycles. The van der Waals surface area contributed by atoms with Crippen LogP contribution in [-0.4, -0.2) is 39.1 Å². The third kappa shape index (κ3) is 4.91. The van der Waals surface area contributed by atoms with Crippen molar-refractivity contribution in [3.05, 3.63) is 24.0 Å². The molecule has 7 nitrogen and oxygen atoms in total. The molecule has 0 aromatic carbocycles. The highest BCUT2D eigenvalue weighted by Crippen LogP contribution is 2.06. The van der Waals surface area contributed by atoms with Gasteiger partial charge >= 0.3 is 11.9 Å². The molecule has 0 saturated carbocycles. The van der Waals surface area contributed by atoms with Crippen molar-refractivity contribution in [3.63, 3.8) is 0 Å². The number of hydrogen-bond donors (Lipinski definition) is 4. The Bertz CT molecular complexity index is 357. The van der Waals surface area contributed by atoms with E-state index in [1.165, 1.54) is 0 Å². The summed E-state index contributed by atoms with van der Waals surface area (Å²) < 4.78 is 0. The first-order valence-corrected chi connectivity index (χ1v) is 4.15. The number of carbonyl (C=O) groups is 3. The van der Waals surface area contributed by atoms with Gasteiger partial charge in [-0.2, -0.15) is 0 Å². The third-order valence-corrected chi connectivity index (χ3v) is 1.59. The van der Waals surface area contributed by atoms with Crippen LogP contribution in [0.1, 0.15) is 6.42 Å². The number of nitrogens with two attached hydrogens (primary N) is 1. The third-order valence-electron chi connectivity index (χ3n) is 1.59. The van der Waals surface area contributed by atoms with E-state index in [1.807, 2.05) is 0 Å². The van der Waals surface area contributed by atoms with Crippen LogP contribution in [0.3, 0.4) is 0 Å². The van der Waals surface area contributed by atoms with Crippen LogP contribution >= 0.6 is 0 Å². The number of aliphatic hydroxyl groups is 1. The number of hydrogen-bond acceptors (Lipinski definition) is 5. The smallest absolute Gasteiger partial charge is 0.376 e. The van der Waals surface area contributed by atoms with Gasteiger partial charge in [0.1, 0.15) is 6.04 Å². The zero-order chi connectivity index (χ0) is 12.7. The zero-order valence-corrected chi connectivity index (χ0v) is 8.16. The predicted molar refractivity (Wildman–Crippen MR) is 52.7 cm³/mol. The molecule has 0 unspecified atom stereocenters. The summed E-state index contributed by atoms with van der Waals surface area (Å²) in [5, 5.41) is 25.3. The van der Waals surface area contributed by atoms with Gasteiger partial charge < -0.3 is 21.1 Å². The van der Waals surface area contributed by atoms with Crippen molar-refractivity contribution < 1.29 is 29.7 Å². The summed E-state index contributed by atoms with van der Waals surface area (Å²) in [5.74, 6) is -4.18. The maximum absolute atomic E-state index is 10.8. The molecule has 1 atom stereocenters. The first kappa shape index (κ1) is 13.8. The Balaban J connectivity index is 4.81. The molecule has 0 fully saturated rings. The number of aliphatic carboxylic acids is 2. The number of carboxylic acid groups (broad SMARTS) is 2. The van der Waals surface area contributed by atoms with Gasteiger partial charge in [0.05, 0.1) is 6.26 Å². The van der Waals surface area contributed by atoms with E-state index in [1.54, 1.807) is 0 Å². The van der Waals surface area contributed by atoms with E-state index in [2.05, 4.69) is 0 Å². The highest BCUT2D eigenvalue weighted by atomic mass is 16.4. The van der Waals surface area contributed by atoms with Crippen LogP contribution < -0.4 is 5.73 Å². The summed E-state index contributed by atoms with van der Waals surface area (Å²) in [6.07, 6.45) is 2.02. The lowest BCUT2D eigenvalue weighted by Crippen LogP contribution is -2.30. The van der Waals surface area contributed by atoms with Crippen LogP contribution in [0.4, 0.5) is 0 Å². The van der Waals surface area contributed by atoms with Crippen LogP contribution in [0.25, 0.3) is 0 Å². The van der Waals surface area contributed by atoms with Gasteiger partial charge in [0.15, 0.2) is 0 Å². The summed E-state index contributed by atoms with van der Waals surface area (Å²) in [7, 11) is 0. The molecule has 0 radical (unpaired) electrons. The van der Waals surface area contributed by atoms with E-state index >= 15 is 0 Å². The van der Waals surface area contributed by atoms with Gasteiger partial charge in [0.25, 0.3) is 5.78 Å². The van der Waals surface area contributed by atoms with Gasteiger partial charge in [-0.3, -0.25) is 9.59 Å². The van der Waals surface area contributed by atoms with Gasteiger partial charge in [-0.1, -0.05) is 0 Å². The zero-order valence-electron chi connectivity index (χ0n) is 8.16. The number of ketones is 1. The lowest BCUT2D eigenvalue weighted by molar-refractivity contribution is -0.146. The standard InChI is InChI=1S/C9H11NO6/c10-6(8(13)14)3-5(1-2-11)4-7(12)9(15)16/h1-2,4,6,11H,3,10H2,(H,13,14)(H,15,16)/t6-/m0/s1. The van der Waals surface area contributed by atoms with E-state index in [4.69, 9.17) is 21.1 Å². The fourth-order valence-electron chi connectivity index (χ4n) is 0.842. The molecule has 16 heavy (non-hydrogen) atoms. The molecule has 88 valence electrons. The lowest BCUT2D eigenvalue weighted by Gasteiger charge is -2.06. The molecule has 0 aromatic heterocycles. The van der Waals surface area contributed by atoms with Crippen molar-refractivity contribution in [3.8, 4) is 0 Å². The molecule has 0 saturated heterocycles. The van der Waals surface area contributed by atoms with E-state index in [9.17, 15) is 14.4 Å². The summed E-state index contributed by atoms with van der Waals surface area (Å²) in [6.45, 7) is 0. The molecule has 0 spiro atoms. The maximum Gasteiger partial charge on any atom is 0.376 e. The van der Waals surface area contributed by atoms with E-state index < -0.39 is 23.8 Å². The lowest BCUT2D eigenvalue weighted by atomic mass is 10.1. The Labute approximate surface area is 90.5 Å². The Kier molecular flexibility index (Phi) is 5.50. The largest absolute Gasteiger partial charge is 0.516 e. The SMILES string of the molecule is N[C@@H](CC(C=CO)=CC(=O)C(=O)O)C(=O)O. The van der Waals surface area contributed by atoms with Crippen molar-refractivity contribution >= 4 is 17.7 Å². The maximum atomic E-state index is 10.8. The van der Waals surface area contributed by atoms with E-state index in [-0.39, 0.29) is 12.0 Å². The molecule has 0 aliphatic rings. The Morgan fingerprint density at radius 2 is 1.81 bits per heavy atom. The minimum absolute atomic E-state index is 0.0183. The number of carbonyl (C=O) groups excluding carboxylic acids is 1. The Hall–Kier alpha value is -2.15. The molecule has 0 bridgehead atoms. The summed E-state index contributed by atoms with van der Waals surface area (Å²) in [4.78, 5) is 31.4. The van der Waals surface area contributed by atoms with Crippen LogP contribution in [0.5, 0.6) is 0 Å². The van der Waals surface area contributed by atoms with Gasteiger partial charge in [-0.15, -0.1) is 0 Å². The number of allylic oxidation sites excluding steroid dienone is 1. The number of rotatable bonds is 6. The highest BCUT2D eigenvalue weighted by Gasteiger charge is 2.15. The highest BCUT2D eigenvalue weighted by molar-refractivity contribution is 6.37. The summed E-state index contributed by atoms with van der Waals surface area (Å²) >= 11 is 0. The van der Waals surface area contributed by atoms with Crippen molar-refractivity contribution in [2.45, 2.75) is 12.5 Å². The second-order valence-corrected chi connectivity index (χ2v) is 2.85. The molecule has 0 aromatic rings. The number of carboxylic acids is 2. The van der Waals surface area contributed by atoms with E-state index in [0.717, 1.165) is 6.08 Å². The van der Waals surface area contributed by atoms with Gasteiger partial charge in [0.2, 0.25) is 0 Å². The second kappa shape index (κ2) is 6.36. The molecule has 0 aliphatic heterocycles. The predicted octanol–water partition coefficient (Wildman–Crippen LogP) is -0.560. The fourth-order valence-corrected chi connectivity index (χ4v) is 0.842. The molecular weight excluding hydrogens is 218 g/mol. The Morgan fingerprint density at radius 3 is 2.19 bits per heavy atom. The quantitative estimate of drug-likeness (QED) is 0.207. The molecule has 0 heterocycles. The topological polar surface area (TPSA) is 138 Å². The monoisotopic (exact) mass is 229 g/mol. The van der Waals surface area contributed by atoms with Gasteiger partial charge in [-0.25, -0.2) is 4.79 Å². The van der Waals surface area contributed by atoms with Crippen LogP contribution in [-0.2, 0) is 14.4 Å². The van der Waals surface area contributed by atoms with Gasteiger partial charge in [-0.05, 0) is 24.1 Å². The first-order chi connectivity index (χ1) is 7.38. The van der Waals surface area contributed by atoms with Crippen LogP contribution in [0.15, 0.2) is 24.0 Å². The minimum Gasteiger partial charge on any atom is -0.516 e. The van der Waals surface area contributed by atoms with Crippen molar-refractivity contribution in [1.29, 1.82) is 0 Å². The normalized spacial score (nSPS) is 13.7. The average Bonchev–Trinajstić information content (AvgIpc) is 2.17. The molecule has 0 amide bonds. The Morgan fingerprint density at radius 1 is 1.25 bits per heavy atom. The van der Waals surface area contributed by atoms with Gasteiger partial charge in [0, 0.05) is 0 Å². The number of aliphatic hydroxyl groups excluding tert-OH is 1. The minimum atomic E-state index is -1.67. The van der Waals surface area contributed by atoms with Crippen molar-refractivity contribution in [2.75, 3.05) is 0 Å². The molecule has 5 N–H and O–H groups in total. The van der Waals surface area contributed by atoms with Crippen LogP contribution in [0, 0.1) is 0 Å². The molecule has 0 rings (SSSR count). The second-order valence-electron chi connectivity index (χ2n) is 2.85. The first-order valence-electron chi connectivity index (χ1n) is 4.15. The van der Waals surface area contributed by atoms with E-state index in [0.29, 0.717) is 12.3 Å². The molecular formula is C9H11NO6. The van der Waals surface area contributed by atoms with Crippen molar-refractivity contribution in [1.82, 2.24) is 0 Å². The fraction of sp³-hybridized carbons (Fsp3) is 0.222. The van der Waals surface area contributed by atoms with Crippen LogP contribution in [0.2, 0.25) is 0 Å². The average molecular weight is 229 g/mol. The molecule has 7 heteroatoms. The summed E-state index contributed by atoms with van der Waals surface area (Å²) in [5.41, 5.74) is 5.20. The summed E-state index contributed by atoms with van der Waals surface area (Å²) in [6, 6.07) is -1.27. The van der Waals surface area contributed by atoms with Crippen molar-refractivity contribution in [2.24, 2.45) is 5.73 Å².